The number of carbonyl (C=O) groups is 4. The normalized spacial score (nSPS) is 17.4. The van der Waals surface area contributed by atoms with Crippen LogP contribution in [0.3, 0.4) is 0 Å². The van der Waals surface area contributed by atoms with E-state index < -0.39 is 34.7 Å². The number of carboxylic acids is 1. The molecule has 0 saturated heterocycles. The van der Waals surface area contributed by atoms with Crippen LogP contribution in [0.15, 0.2) is 29.4 Å². The monoisotopic (exact) mass is 894 g/mol. The summed E-state index contributed by atoms with van der Waals surface area (Å²) in [5.74, 6) is 0.559. The molecule has 12 nitrogen and oxygen atoms in total. The van der Waals surface area contributed by atoms with Crippen LogP contribution in [-0.4, -0.2) is 128 Å². The molecule has 1 saturated carbocycles. The summed E-state index contributed by atoms with van der Waals surface area (Å²) in [6, 6.07) is 4.64. The van der Waals surface area contributed by atoms with Crippen molar-refractivity contribution in [3.63, 3.8) is 0 Å². The number of aromatic nitrogens is 1. The van der Waals surface area contributed by atoms with Gasteiger partial charge in [0.2, 0.25) is 11.8 Å². The second kappa shape index (κ2) is 27.7. The van der Waals surface area contributed by atoms with Crippen molar-refractivity contribution in [2.75, 3.05) is 43.6 Å². The number of aliphatic hydroxyl groups excluding tert-OH is 1. The third-order valence-corrected chi connectivity index (χ3v) is 14.5. The summed E-state index contributed by atoms with van der Waals surface area (Å²) < 4.78 is 11.5. The molecule has 5 N–H and O–H groups in total. The van der Waals surface area contributed by atoms with Crippen LogP contribution in [0.5, 0.6) is 0 Å². The van der Waals surface area contributed by atoms with E-state index in [2.05, 4.69) is 37.1 Å². The number of hydrogen-bond acceptors (Lipinski definition) is 13. The lowest BCUT2D eigenvalue weighted by molar-refractivity contribution is -0.141. The topological polar surface area (TPSA) is 176 Å². The number of pyridine rings is 1. The van der Waals surface area contributed by atoms with E-state index in [1.807, 2.05) is 66.7 Å². The molecule has 2 amide bonds. The quantitative estimate of drug-likeness (QED) is 0.0351. The van der Waals surface area contributed by atoms with E-state index in [1.54, 1.807) is 65.2 Å². The first-order valence-electron chi connectivity index (χ1n) is 19.8. The Morgan fingerprint density at radius 1 is 0.965 bits per heavy atom. The summed E-state index contributed by atoms with van der Waals surface area (Å²) in [6.07, 6.45) is 5.32. The first-order chi connectivity index (χ1) is 26.6. The van der Waals surface area contributed by atoms with E-state index in [0.717, 1.165) is 30.0 Å². The minimum Gasteiger partial charge on any atom is -0.480 e. The minimum absolute atomic E-state index is 0.0467. The van der Waals surface area contributed by atoms with Gasteiger partial charge in [0.15, 0.2) is 0 Å². The van der Waals surface area contributed by atoms with Crippen molar-refractivity contribution in [2.45, 2.75) is 152 Å². The van der Waals surface area contributed by atoms with E-state index in [1.165, 1.54) is 0 Å². The van der Waals surface area contributed by atoms with Gasteiger partial charge in [-0.2, -0.15) is 23.5 Å². The highest BCUT2D eigenvalue weighted by Gasteiger charge is 2.37. The molecule has 0 aliphatic heterocycles. The van der Waals surface area contributed by atoms with Crippen molar-refractivity contribution in [1.82, 2.24) is 20.9 Å². The maximum atomic E-state index is 13.4. The lowest BCUT2D eigenvalue weighted by Gasteiger charge is -2.37. The van der Waals surface area contributed by atoms with Crippen molar-refractivity contribution >= 4 is 77.9 Å². The van der Waals surface area contributed by atoms with Crippen molar-refractivity contribution in [1.29, 1.82) is 0 Å². The van der Waals surface area contributed by atoms with Gasteiger partial charge in [-0.3, -0.25) is 19.2 Å². The van der Waals surface area contributed by atoms with Crippen LogP contribution in [0.25, 0.3) is 0 Å². The van der Waals surface area contributed by atoms with Crippen LogP contribution in [-0.2, 0) is 28.7 Å². The van der Waals surface area contributed by atoms with Gasteiger partial charge in [0.05, 0.1) is 36.4 Å². The first-order valence-corrected chi connectivity index (χ1v) is 24.9. The number of Topliss-reactive ketones (excluding diaryl/α,β-unsaturated/α-hetero) is 1. The van der Waals surface area contributed by atoms with Crippen LogP contribution in [0.4, 0.5) is 0 Å². The molecule has 1 heterocycles. The average molecular weight is 895 g/mol. The standard InChI is InChI=1S/C29H54N3O6PS2.C11H17NO2S2/c1-9-20(33)14-29(7,8)38-17-28(5,6)27(37)32-21(25(34)30-13-12-19(4)39)15-40-23-10-11-24(23)41-16-22(26(35)36)31-18(2)3;1-11(2,9-13)14-7-8-15-16-10-5-3-4-6-12-10/h18-19,21-24,31H,9-17,39H2,1-8H3,(H,30,34)(H,32,37)(H,35,36);3-6,13H,7-9H2,1-2H3. The molecule has 6 atom stereocenters. The molecule has 2 rings (SSSR count). The second-order valence-electron chi connectivity index (χ2n) is 16.5. The van der Waals surface area contributed by atoms with Crippen LogP contribution < -0.4 is 16.0 Å². The third kappa shape index (κ3) is 24.1. The van der Waals surface area contributed by atoms with Crippen LogP contribution in [0, 0.1) is 5.41 Å². The van der Waals surface area contributed by atoms with Gasteiger partial charge < -0.3 is 35.6 Å². The maximum Gasteiger partial charge on any atom is 0.321 e. The molecule has 57 heavy (non-hydrogen) atoms. The zero-order valence-corrected chi connectivity index (χ0v) is 40.2. The number of nitrogens with zero attached hydrogens (tertiary/aromatic N) is 1. The van der Waals surface area contributed by atoms with Crippen molar-refractivity contribution in [3.05, 3.63) is 24.4 Å². The fraction of sp³-hybridized carbons (Fsp3) is 0.775. The summed E-state index contributed by atoms with van der Waals surface area (Å²) in [4.78, 5) is 54.3. The van der Waals surface area contributed by atoms with E-state index in [0.29, 0.717) is 47.2 Å². The lowest BCUT2D eigenvalue weighted by Crippen LogP contribution is -2.53. The Morgan fingerprint density at radius 3 is 2.11 bits per heavy atom. The minimum atomic E-state index is -0.908. The number of aliphatic carboxylic acids is 1. The molecule has 0 radical (unpaired) electrons. The number of nitrogens with one attached hydrogen (secondary N) is 3. The molecule has 17 heteroatoms. The zero-order chi connectivity index (χ0) is 43.2. The molecule has 0 bridgehead atoms. The molecule has 6 unspecified atom stereocenters. The molecule has 0 aromatic carbocycles. The lowest BCUT2D eigenvalue weighted by atomic mass is 9.92. The first kappa shape index (κ1) is 53.9. The summed E-state index contributed by atoms with van der Waals surface area (Å²) >= 11 is 3.33. The van der Waals surface area contributed by atoms with Crippen LogP contribution in [0.1, 0.15) is 101 Å². The largest absolute Gasteiger partial charge is 0.480 e. The number of hydrogen-bond donors (Lipinski definition) is 5. The van der Waals surface area contributed by atoms with Crippen molar-refractivity contribution in [2.24, 2.45) is 5.41 Å². The Bertz CT molecular complexity index is 1340. The summed E-state index contributed by atoms with van der Waals surface area (Å²) in [7, 11) is 6.07. The molecular weight excluding hydrogens is 824 g/mol. The highest BCUT2D eigenvalue weighted by Crippen LogP contribution is 2.40. The Labute approximate surface area is 361 Å². The van der Waals surface area contributed by atoms with E-state index >= 15 is 0 Å². The molecule has 1 fully saturated rings. The maximum absolute atomic E-state index is 13.4. The number of carbonyl (C=O) groups excluding carboxylic acids is 3. The van der Waals surface area contributed by atoms with Gasteiger partial charge in [-0.15, -0.1) is 9.24 Å². The molecule has 1 aliphatic carbocycles. The van der Waals surface area contributed by atoms with Crippen molar-refractivity contribution < 1.29 is 38.9 Å². The van der Waals surface area contributed by atoms with Gasteiger partial charge in [0, 0.05) is 59.4 Å². The third-order valence-electron chi connectivity index (χ3n) is 8.74. The van der Waals surface area contributed by atoms with E-state index in [9.17, 15) is 24.3 Å². The van der Waals surface area contributed by atoms with Gasteiger partial charge in [-0.05, 0) is 89.4 Å². The van der Waals surface area contributed by atoms with Crippen molar-refractivity contribution in [3.8, 4) is 0 Å². The smallest absolute Gasteiger partial charge is 0.321 e. The number of carboxylic acid groups (broad SMARTS) is 1. The van der Waals surface area contributed by atoms with Crippen LogP contribution >= 0.6 is 54.4 Å². The number of aliphatic hydroxyl groups is 1. The Hall–Kier alpha value is -1.10. The number of ether oxygens (including phenoxy) is 2. The number of thioether (sulfide) groups is 2. The van der Waals surface area contributed by atoms with E-state index in [4.69, 9.17) is 14.6 Å². The number of amides is 2. The Kier molecular flexibility index (Phi) is 26.2. The zero-order valence-electron chi connectivity index (χ0n) is 35.8. The summed E-state index contributed by atoms with van der Waals surface area (Å²) in [5.41, 5.74) is -1.66. The highest BCUT2D eigenvalue weighted by atomic mass is 33.1. The predicted molar refractivity (Wildman–Crippen MR) is 244 cm³/mol. The fourth-order valence-electron chi connectivity index (χ4n) is 4.92. The van der Waals surface area contributed by atoms with Gasteiger partial charge in [-0.25, -0.2) is 4.98 Å². The summed E-state index contributed by atoms with van der Waals surface area (Å²) in [5, 5.41) is 29.2. The molecular formula is C40H71N4O8PS4. The van der Waals surface area contributed by atoms with Gasteiger partial charge >= 0.3 is 5.97 Å². The second-order valence-corrected chi connectivity index (χ2v) is 22.6. The fourth-order valence-corrected chi connectivity index (χ4v) is 9.93. The Morgan fingerprint density at radius 2 is 1.60 bits per heavy atom. The number of rotatable bonds is 28. The van der Waals surface area contributed by atoms with E-state index in [-0.39, 0.29) is 43.3 Å². The molecule has 1 aromatic rings. The molecule has 0 spiro atoms. The highest BCUT2D eigenvalue weighted by molar-refractivity contribution is 8.76. The van der Waals surface area contributed by atoms with Gasteiger partial charge in [-0.1, -0.05) is 44.6 Å². The molecule has 328 valence electrons. The SMILES string of the molecule is CC(C)(CO)OCCSSc1ccccn1.CCC(=O)CC(C)(C)OCC(C)(C)C(=O)NC(CSC1CCC1SCC(NC(C)C)C(=O)O)C(=O)NCCC(C)P. The molecule has 1 aliphatic rings. The predicted octanol–water partition coefficient (Wildman–Crippen LogP) is 6.49. The van der Waals surface area contributed by atoms with Crippen LogP contribution in [0.2, 0.25) is 0 Å². The van der Waals surface area contributed by atoms with Gasteiger partial charge in [0.25, 0.3) is 0 Å². The van der Waals surface area contributed by atoms with Gasteiger partial charge in [0.1, 0.15) is 22.9 Å². The Balaban J connectivity index is 0.000000842. The number of ketones is 1. The molecule has 1 aromatic heterocycles. The average Bonchev–Trinajstić information content (AvgIpc) is 3.12. The summed E-state index contributed by atoms with van der Waals surface area (Å²) in [6.45, 7) is 20.1.